The number of esters is 2. The highest BCUT2D eigenvalue weighted by Crippen LogP contribution is 2.42. The Labute approximate surface area is 231 Å². The molecule has 1 N–H and O–H groups in total. The first-order valence-corrected chi connectivity index (χ1v) is 12.9. The number of para-hydroxylation sites is 1. The number of ether oxygens (including phenoxy) is 2. The second kappa shape index (κ2) is 11.1. The molecule has 1 unspecified atom stereocenters. The lowest BCUT2D eigenvalue weighted by Crippen LogP contribution is -2.32. The zero-order valence-corrected chi connectivity index (χ0v) is 22.7. The van der Waals surface area contributed by atoms with Crippen LogP contribution in [0.25, 0.3) is 22.3 Å². The summed E-state index contributed by atoms with van der Waals surface area (Å²) in [6.45, 7) is 5.28. The van der Waals surface area contributed by atoms with Crippen molar-refractivity contribution in [3.63, 3.8) is 0 Å². The van der Waals surface area contributed by atoms with Crippen LogP contribution in [-0.4, -0.2) is 19.0 Å². The highest BCUT2D eigenvalue weighted by Gasteiger charge is 2.39. The quantitative estimate of drug-likeness (QED) is 0.306. The van der Waals surface area contributed by atoms with E-state index in [1.807, 2.05) is 60.7 Å². The standard InChI is InChI=1S/C33H29NO6/c1-19-29(35)25-17-11-16-24(31(25)40-30(19)23-14-9-6-10-15-23)28-26(32(36)38-4)20(2)34-21(3)27(28)33(37)39-18-22-12-7-5-8-13-22/h5-17,28,34H,18H2,1-4H3. The van der Waals surface area contributed by atoms with Crippen molar-refractivity contribution in [2.24, 2.45) is 0 Å². The average Bonchev–Trinajstić information content (AvgIpc) is 2.97. The molecule has 4 aromatic rings. The van der Waals surface area contributed by atoms with E-state index in [2.05, 4.69) is 5.32 Å². The molecule has 0 fully saturated rings. The van der Waals surface area contributed by atoms with Gasteiger partial charge in [0.1, 0.15) is 18.0 Å². The van der Waals surface area contributed by atoms with E-state index in [4.69, 9.17) is 13.9 Å². The molecular formula is C33H29NO6. The van der Waals surface area contributed by atoms with Crippen LogP contribution in [0.15, 0.2) is 111 Å². The lowest BCUT2D eigenvalue weighted by atomic mass is 9.79. The smallest absolute Gasteiger partial charge is 0.337 e. The van der Waals surface area contributed by atoms with Crippen LogP contribution in [0, 0.1) is 6.92 Å². The molecule has 7 nitrogen and oxygen atoms in total. The predicted octanol–water partition coefficient (Wildman–Crippen LogP) is 5.92. The maximum Gasteiger partial charge on any atom is 0.337 e. The van der Waals surface area contributed by atoms with E-state index < -0.39 is 17.9 Å². The number of methoxy groups -OCH3 is 1. The number of nitrogens with one attached hydrogen (secondary N) is 1. The number of benzene rings is 3. The Bertz CT molecular complexity index is 1730. The molecule has 5 rings (SSSR count). The van der Waals surface area contributed by atoms with Gasteiger partial charge in [-0.15, -0.1) is 0 Å². The van der Waals surface area contributed by atoms with Gasteiger partial charge in [0.15, 0.2) is 5.43 Å². The summed E-state index contributed by atoms with van der Waals surface area (Å²) in [7, 11) is 1.29. The molecule has 0 bridgehead atoms. The number of dihydropyridines is 1. The Morgan fingerprint density at radius 2 is 1.45 bits per heavy atom. The third-order valence-corrected chi connectivity index (χ3v) is 7.12. The van der Waals surface area contributed by atoms with Gasteiger partial charge in [0.2, 0.25) is 0 Å². The molecule has 0 saturated heterocycles. The van der Waals surface area contributed by atoms with Crippen molar-refractivity contribution >= 4 is 22.9 Å². The SMILES string of the molecule is COC(=O)C1=C(C)NC(C)=C(C(=O)OCc2ccccc2)C1c1cccc2c(=O)c(C)c(-c3ccccc3)oc12. The first-order chi connectivity index (χ1) is 19.3. The molecule has 0 amide bonds. The molecule has 0 spiro atoms. The van der Waals surface area contributed by atoms with Crippen molar-refractivity contribution < 1.29 is 23.5 Å². The fourth-order valence-corrected chi connectivity index (χ4v) is 5.18. The van der Waals surface area contributed by atoms with Gasteiger partial charge in [0.25, 0.3) is 0 Å². The molecule has 2 heterocycles. The van der Waals surface area contributed by atoms with Crippen molar-refractivity contribution in [3.05, 3.63) is 128 Å². The minimum atomic E-state index is -0.907. The Morgan fingerprint density at radius 1 is 0.825 bits per heavy atom. The summed E-state index contributed by atoms with van der Waals surface area (Å²) in [4.78, 5) is 40.4. The first-order valence-electron chi connectivity index (χ1n) is 12.9. The number of hydrogen-bond donors (Lipinski definition) is 1. The van der Waals surface area contributed by atoms with Gasteiger partial charge in [0, 0.05) is 28.1 Å². The van der Waals surface area contributed by atoms with E-state index in [0.717, 1.165) is 11.1 Å². The van der Waals surface area contributed by atoms with Gasteiger partial charge >= 0.3 is 11.9 Å². The molecule has 1 aromatic heterocycles. The van der Waals surface area contributed by atoms with E-state index in [1.54, 1.807) is 39.0 Å². The van der Waals surface area contributed by atoms with Crippen molar-refractivity contribution in [2.75, 3.05) is 7.11 Å². The summed E-state index contributed by atoms with van der Waals surface area (Å²) in [6.07, 6.45) is 0. The van der Waals surface area contributed by atoms with Crippen molar-refractivity contribution in [3.8, 4) is 11.3 Å². The Morgan fingerprint density at radius 3 is 2.10 bits per heavy atom. The number of carbonyl (C=O) groups excluding carboxylic acids is 2. The van der Waals surface area contributed by atoms with Crippen molar-refractivity contribution in [1.29, 1.82) is 0 Å². The Balaban J connectivity index is 1.72. The van der Waals surface area contributed by atoms with Gasteiger partial charge < -0.3 is 19.2 Å². The minimum Gasteiger partial charge on any atom is -0.466 e. The summed E-state index contributed by atoms with van der Waals surface area (Å²) in [6, 6.07) is 23.9. The average molecular weight is 536 g/mol. The van der Waals surface area contributed by atoms with Crippen LogP contribution in [0.3, 0.4) is 0 Å². The van der Waals surface area contributed by atoms with Gasteiger partial charge in [-0.1, -0.05) is 72.8 Å². The van der Waals surface area contributed by atoms with E-state index in [0.29, 0.717) is 39.3 Å². The molecule has 1 aliphatic heterocycles. The lowest BCUT2D eigenvalue weighted by Gasteiger charge is -2.30. The fourth-order valence-electron chi connectivity index (χ4n) is 5.18. The molecule has 1 atom stereocenters. The summed E-state index contributed by atoms with van der Waals surface area (Å²) in [5, 5.41) is 3.50. The van der Waals surface area contributed by atoms with Crippen LogP contribution in [0.5, 0.6) is 0 Å². The minimum absolute atomic E-state index is 0.0569. The molecule has 202 valence electrons. The number of hydrogen-bond acceptors (Lipinski definition) is 7. The molecule has 1 aliphatic rings. The molecule has 0 saturated carbocycles. The van der Waals surface area contributed by atoms with Gasteiger partial charge in [-0.2, -0.15) is 0 Å². The molecule has 7 heteroatoms. The molecular weight excluding hydrogens is 506 g/mol. The van der Waals surface area contributed by atoms with Gasteiger partial charge in [0.05, 0.1) is 29.6 Å². The zero-order valence-electron chi connectivity index (χ0n) is 22.7. The van der Waals surface area contributed by atoms with E-state index in [9.17, 15) is 14.4 Å². The normalized spacial score (nSPS) is 15.2. The summed E-state index contributed by atoms with van der Waals surface area (Å²) < 4.78 is 17.3. The fraction of sp³-hybridized carbons (Fsp3) is 0.182. The number of fused-ring (bicyclic) bond motifs is 1. The molecule has 0 radical (unpaired) electrons. The van der Waals surface area contributed by atoms with Crippen LogP contribution in [0.1, 0.15) is 36.5 Å². The molecule has 40 heavy (non-hydrogen) atoms. The van der Waals surface area contributed by atoms with Gasteiger partial charge in [-0.05, 0) is 32.4 Å². The van der Waals surface area contributed by atoms with E-state index in [1.165, 1.54) is 7.11 Å². The molecule has 0 aliphatic carbocycles. The highest BCUT2D eigenvalue weighted by molar-refractivity contribution is 6.01. The second-order valence-electron chi connectivity index (χ2n) is 9.66. The largest absolute Gasteiger partial charge is 0.466 e. The second-order valence-corrected chi connectivity index (χ2v) is 9.66. The van der Waals surface area contributed by atoms with Crippen LogP contribution in [-0.2, 0) is 25.7 Å². The first kappa shape index (κ1) is 26.7. The maximum absolute atomic E-state index is 13.7. The van der Waals surface area contributed by atoms with Crippen LogP contribution in [0.2, 0.25) is 0 Å². The van der Waals surface area contributed by atoms with E-state index in [-0.39, 0.29) is 23.2 Å². The molecule has 3 aromatic carbocycles. The number of allylic oxidation sites excluding steroid dienone is 2. The number of rotatable bonds is 6. The third kappa shape index (κ3) is 4.82. The van der Waals surface area contributed by atoms with Crippen LogP contribution < -0.4 is 10.7 Å². The van der Waals surface area contributed by atoms with Crippen LogP contribution in [0.4, 0.5) is 0 Å². The Hall–Kier alpha value is -4.91. The summed E-state index contributed by atoms with van der Waals surface area (Å²) in [5.41, 5.74) is 4.16. The van der Waals surface area contributed by atoms with Gasteiger partial charge in [-0.3, -0.25) is 4.79 Å². The van der Waals surface area contributed by atoms with Crippen LogP contribution >= 0.6 is 0 Å². The lowest BCUT2D eigenvalue weighted by molar-refractivity contribution is -0.140. The summed E-state index contributed by atoms with van der Waals surface area (Å²) >= 11 is 0. The monoisotopic (exact) mass is 535 g/mol. The third-order valence-electron chi connectivity index (χ3n) is 7.12. The Kier molecular flexibility index (Phi) is 7.38. The highest BCUT2D eigenvalue weighted by atomic mass is 16.5. The topological polar surface area (TPSA) is 94.8 Å². The van der Waals surface area contributed by atoms with Gasteiger partial charge in [-0.25, -0.2) is 9.59 Å². The number of carbonyl (C=O) groups is 2. The predicted molar refractivity (Wildman–Crippen MR) is 152 cm³/mol. The van der Waals surface area contributed by atoms with Crippen molar-refractivity contribution in [2.45, 2.75) is 33.3 Å². The summed E-state index contributed by atoms with van der Waals surface area (Å²) in [5.74, 6) is -1.68. The zero-order chi connectivity index (χ0) is 28.4. The van der Waals surface area contributed by atoms with Crippen molar-refractivity contribution in [1.82, 2.24) is 5.32 Å². The maximum atomic E-state index is 13.7. The van der Waals surface area contributed by atoms with E-state index >= 15 is 0 Å².